The van der Waals surface area contributed by atoms with Gasteiger partial charge in [-0.3, -0.25) is 4.79 Å². The summed E-state index contributed by atoms with van der Waals surface area (Å²) in [7, 11) is 0. The number of halogens is 1. The number of hydrogen-bond acceptors (Lipinski definition) is 3. The van der Waals surface area contributed by atoms with Crippen molar-refractivity contribution < 1.29 is 9.53 Å². The molecule has 0 aliphatic rings. The van der Waals surface area contributed by atoms with Crippen molar-refractivity contribution in [2.24, 2.45) is 0 Å². The molecule has 3 N–H and O–H groups in total. The van der Waals surface area contributed by atoms with Gasteiger partial charge in [-0.2, -0.15) is 0 Å². The lowest BCUT2D eigenvalue weighted by Crippen LogP contribution is -2.15. The molecule has 1 amide bonds. The van der Waals surface area contributed by atoms with E-state index in [0.29, 0.717) is 17.3 Å². The van der Waals surface area contributed by atoms with Crippen LogP contribution in [0.5, 0.6) is 5.75 Å². The fourth-order valence-corrected chi connectivity index (χ4v) is 2.05. The Morgan fingerprint density at radius 3 is 2.62 bits per heavy atom. The van der Waals surface area contributed by atoms with Crippen LogP contribution >= 0.6 is 11.6 Å². The van der Waals surface area contributed by atoms with Crippen LogP contribution in [-0.4, -0.2) is 12.5 Å². The first kappa shape index (κ1) is 15.2. The summed E-state index contributed by atoms with van der Waals surface area (Å²) < 4.78 is 5.58. The van der Waals surface area contributed by atoms with Gasteiger partial charge in [0, 0.05) is 16.4 Å². The highest BCUT2D eigenvalue weighted by Crippen LogP contribution is 2.21. The Bertz CT molecular complexity index is 627. The normalized spacial score (nSPS) is 10.2. The molecule has 5 heteroatoms. The van der Waals surface area contributed by atoms with Gasteiger partial charge >= 0.3 is 0 Å². The maximum Gasteiger partial charge on any atom is 0.227 e. The van der Waals surface area contributed by atoms with Gasteiger partial charge < -0.3 is 15.8 Å². The van der Waals surface area contributed by atoms with Crippen molar-refractivity contribution in [2.45, 2.75) is 13.3 Å². The fourth-order valence-electron chi connectivity index (χ4n) is 1.82. The van der Waals surface area contributed by atoms with Crippen LogP contribution in [0.2, 0.25) is 5.02 Å². The van der Waals surface area contributed by atoms with Gasteiger partial charge in [0.05, 0.1) is 13.0 Å². The van der Waals surface area contributed by atoms with E-state index in [1.54, 1.807) is 36.4 Å². The third-order valence-electron chi connectivity index (χ3n) is 2.92. The Kier molecular flexibility index (Phi) is 5.06. The average molecular weight is 305 g/mol. The van der Waals surface area contributed by atoms with Gasteiger partial charge in [0.25, 0.3) is 0 Å². The summed E-state index contributed by atoms with van der Waals surface area (Å²) in [5.74, 6) is 0.631. The molecular weight excluding hydrogens is 288 g/mol. The second-order valence-electron chi connectivity index (χ2n) is 4.68. The topological polar surface area (TPSA) is 64.3 Å². The van der Waals surface area contributed by atoms with Gasteiger partial charge in [-0.1, -0.05) is 11.6 Å². The van der Waals surface area contributed by atoms with Gasteiger partial charge in [0.2, 0.25) is 5.91 Å². The third kappa shape index (κ3) is 4.68. The van der Waals surface area contributed by atoms with Crippen LogP contribution in [-0.2, 0) is 4.79 Å². The fraction of sp³-hybridized carbons (Fsp3) is 0.188. The number of amides is 1. The average Bonchev–Trinajstić information content (AvgIpc) is 2.44. The first-order valence-corrected chi connectivity index (χ1v) is 6.97. The van der Waals surface area contributed by atoms with Gasteiger partial charge in [0.1, 0.15) is 5.75 Å². The van der Waals surface area contributed by atoms with Crippen LogP contribution in [0.4, 0.5) is 11.4 Å². The quantitative estimate of drug-likeness (QED) is 0.829. The minimum absolute atomic E-state index is 0.105. The highest BCUT2D eigenvalue weighted by Gasteiger charge is 2.05. The number of aryl methyl sites for hydroxylation is 1. The molecule has 0 aliphatic carbocycles. The van der Waals surface area contributed by atoms with Crippen molar-refractivity contribution in [3.8, 4) is 5.75 Å². The molecule has 0 heterocycles. The smallest absolute Gasteiger partial charge is 0.227 e. The van der Waals surface area contributed by atoms with Crippen LogP contribution in [0.25, 0.3) is 0 Å². The molecule has 0 bridgehead atoms. The van der Waals surface area contributed by atoms with E-state index >= 15 is 0 Å². The molecule has 0 spiro atoms. The zero-order valence-corrected chi connectivity index (χ0v) is 12.5. The van der Waals surface area contributed by atoms with Gasteiger partial charge in [-0.05, 0) is 55.0 Å². The summed E-state index contributed by atoms with van der Waals surface area (Å²) in [4.78, 5) is 11.8. The number of ether oxygens (including phenoxy) is 1. The van der Waals surface area contributed by atoms with E-state index in [1.807, 2.05) is 13.0 Å². The number of carbonyl (C=O) groups excluding carboxylic acids is 1. The number of carbonyl (C=O) groups is 1. The Hall–Kier alpha value is -2.20. The van der Waals surface area contributed by atoms with Crippen LogP contribution in [0, 0.1) is 6.92 Å². The molecule has 0 unspecified atom stereocenters. The zero-order valence-electron chi connectivity index (χ0n) is 11.7. The first-order valence-electron chi connectivity index (χ1n) is 6.59. The molecular formula is C16H17ClN2O2. The molecule has 4 nitrogen and oxygen atoms in total. The summed E-state index contributed by atoms with van der Waals surface area (Å²) >= 11 is 5.87. The summed E-state index contributed by atoms with van der Waals surface area (Å²) in [5, 5.41) is 3.45. The molecule has 0 saturated heterocycles. The second kappa shape index (κ2) is 6.99. The van der Waals surface area contributed by atoms with Crippen LogP contribution in [0.1, 0.15) is 12.0 Å². The summed E-state index contributed by atoms with van der Waals surface area (Å²) in [6.45, 7) is 2.22. The van der Waals surface area contributed by atoms with Crippen LogP contribution < -0.4 is 15.8 Å². The van der Waals surface area contributed by atoms with Gasteiger partial charge in [-0.25, -0.2) is 0 Å². The van der Waals surface area contributed by atoms with Crippen LogP contribution in [0.3, 0.4) is 0 Å². The molecule has 21 heavy (non-hydrogen) atoms. The molecule has 2 aromatic rings. The highest BCUT2D eigenvalue weighted by molar-refractivity contribution is 6.30. The van der Waals surface area contributed by atoms with Crippen molar-refractivity contribution in [2.75, 3.05) is 17.7 Å². The van der Waals surface area contributed by atoms with Crippen molar-refractivity contribution in [1.82, 2.24) is 0 Å². The van der Waals surface area contributed by atoms with E-state index in [1.165, 1.54) is 0 Å². The maximum atomic E-state index is 11.8. The summed E-state index contributed by atoms with van der Waals surface area (Å²) in [5.41, 5.74) is 7.91. The zero-order chi connectivity index (χ0) is 15.2. The van der Waals surface area contributed by atoms with Gasteiger partial charge in [-0.15, -0.1) is 0 Å². The highest BCUT2D eigenvalue weighted by atomic mass is 35.5. The molecule has 0 aromatic heterocycles. The van der Waals surface area contributed by atoms with E-state index in [-0.39, 0.29) is 12.3 Å². The first-order chi connectivity index (χ1) is 10.0. The number of hydrogen-bond donors (Lipinski definition) is 2. The predicted molar refractivity (Wildman–Crippen MR) is 85.8 cm³/mol. The Morgan fingerprint density at radius 1 is 1.24 bits per heavy atom. The van der Waals surface area contributed by atoms with E-state index in [9.17, 15) is 4.79 Å². The molecule has 0 radical (unpaired) electrons. The minimum Gasteiger partial charge on any atom is -0.493 e. The summed E-state index contributed by atoms with van der Waals surface area (Å²) in [6, 6.07) is 12.4. The lowest BCUT2D eigenvalue weighted by Gasteiger charge is -2.09. The molecule has 0 fully saturated rings. The molecule has 0 saturated carbocycles. The third-order valence-corrected chi connectivity index (χ3v) is 3.15. The van der Waals surface area contributed by atoms with Crippen LogP contribution in [0.15, 0.2) is 42.5 Å². The molecule has 2 aromatic carbocycles. The van der Waals surface area contributed by atoms with E-state index < -0.39 is 0 Å². The molecule has 0 aliphatic heterocycles. The van der Waals surface area contributed by atoms with Gasteiger partial charge in [0.15, 0.2) is 0 Å². The van der Waals surface area contributed by atoms with E-state index in [0.717, 1.165) is 17.0 Å². The molecule has 110 valence electrons. The Labute approximate surface area is 128 Å². The maximum absolute atomic E-state index is 11.8. The largest absolute Gasteiger partial charge is 0.493 e. The van der Waals surface area contributed by atoms with E-state index in [2.05, 4.69) is 5.32 Å². The van der Waals surface area contributed by atoms with Crippen molar-refractivity contribution in [1.29, 1.82) is 0 Å². The standard InChI is InChI=1S/C16H17ClN2O2/c1-11-10-12(17)2-7-15(11)21-9-8-16(20)19-14-5-3-13(18)4-6-14/h2-7,10H,8-9,18H2,1H3,(H,19,20). The van der Waals surface area contributed by atoms with Crippen molar-refractivity contribution >= 4 is 28.9 Å². The monoisotopic (exact) mass is 304 g/mol. The molecule has 0 atom stereocenters. The SMILES string of the molecule is Cc1cc(Cl)ccc1OCCC(=O)Nc1ccc(N)cc1. The van der Waals surface area contributed by atoms with Crippen molar-refractivity contribution in [3.05, 3.63) is 53.1 Å². The Morgan fingerprint density at radius 2 is 1.95 bits per heavy atom. The number of nitrogen functional groups attached to an aromatic ring is 1. The second-order valence-corrected chi connectivity index (χ2v) is 5.11. The number of nitrogens with one attached hydrogen (secondary N) is 1. The lowest BCUT2D eigenvalue weighted by molar-refractivity contribution is -0.116. The minimum atomic E-state index is -0.105. The number of nitrogens with two attached hydrogens (primary N) is 1. The summed E-state index contributed by atoms with van der Waals surface area (Å²) in [6.07, 6.45) is 0.270. The van der Waals surface area contributed by atoms with E-state index in [4.69, 9.17) is 22.1 Å². The van der Waals surface area contributed by atoms with Crippen molar-refractivity contribution in [3.63, 3.8) is 0 Å². The lowest BCUT2D eigenvalue weighted by atomic mass is 10.2. The number of anilines is 2. The predicted octanol–water partition coefficient (Wildman–Crippen LogP) is 3.64. The number of rotatable bonds is 5. The number of benzene rings is 2. The molecule has 2 rings (SSSR count). The Balaban J connectivity index is 1.80.